The molecular weight excluding hydrogens is 404 g/mol. The molecule has 0 aliphatic rings. The summed E-state index contributed by atoms with van der Waals surface area (Å²) in [6, 6.07) is 14.0. The van der Waals surface area contributed by atoms with Crippen LogP contribution in [0.5, 0.6) is 11.5 Å². The summed E-state index contributed by atoms with van der Waals surface area (Å²) in [7, 11) is 3.29. The number of hydrogen-bond acceptors (Lipinski definition) is 7. The van der Waals surface area contributed by atoms with Crippen LogP contribution in [0.4, 0.5) is 0 Å². The van der Waals surface area contributed by atoms with E-state index in [0.29, 0.717) is 10.9 Å². The van der Waals surface area contributed by atoms with Gasteiger partial charge in [0.2, 0.25) is 5.16 Å². The molecule has 4 aromatic rings. The quantitative estimate of drug-likeness (QED) is 0.411. The molecule has 0 atom stereocenters. The van der Waals surface area contributed by atoms with Gasteiger partial charge in [0.05, 0.1) is 25.5 Å². The number of aromatic amines is 1. The Hall–Kier alpha value is -2.84. The summed E-state index contributed by atoms with van der Waals surface area (Å²) < 4.78 is 10.8. The summed E-state index contributed by atoms with van der Waals surface area (Å²) >= 11 is 3.15. The number of nitrogens with zero attached hydrogens (tertiary/aromatic N) is 3. The molecule has 0 spiro atoms. The lowest BCUT2D eigenvalue weighted by molar-refractivity contribution is 0.395. The number of aromatic nitrogens is 4. The SMILES string of the molecule is COc1ccc(-c2nc(CSc3n[nH]c(-c4ccc(C)cc4)n3)cs2)c(OC)c1. The van der Waals surface area contributed by atoms with E-state index >= 15 is 0 Å². The number of methoxy groups -OCH3 is 2. The Balaban J connectivity index is 1.45. The van der Waals surface area contributed by atoms with Gasteiger partial charge in [0.25, 0.3) is 0 Å². The predicted molar refractivity (Wildman–Crippen MR) is 117 cm³/mol. The van der Waals surface area contributed by atoms with E-state index in [0.717, 1.165) is 39.2 Å². The highest BCUT2D eigenvalue weighted by atomic mass is 32.2. The summed E-state index contributed by atoms with van der Waals surface area (Å²) in [5, 5.41) is 11.0. The minimum Gasteiger partial charge on any atom is -0.497 e. The average Bonchev–Trinajstić information content (AvgIpc) is 3.42. The molecule has 0 radical (unpaired) electrons. The number of nitrogens with one attached hydrogen (secondary N) is 1. The van der Waals surface area contributed by atoms with Gasteiger partial charge < -0.3 is 9.47 Å². The van der Waals surface area contributed by atoms with E-state index in [-0.39, 0.29) is 0 Å². The van der Waals surface area contributed by atoms with Crippen molar-refractivity contribution < 1.29 is 9.47 Å². The van der Waals surface area contributed by atoms with Crippen LogP contribution in [0.3, 0.4) is 0 Å². The Morgan fingerprint density at radius 1 is 1.03 bits per heavy atom. The molecule has 148 valence electrons. The highest BCUT2D eigenvalue weighted by Crippen LogP contribution is 2.35. The van der Waals surface area contributed by atoms with Crippen molar-refractivity contribution in [2.45, 2.75) is 17.8 Å². The highest BCUT2D eigenvalue weighted by molar-refractivity contribution is 7.98. The standard InChI is InChI=1S/C21H20N4O2S2/c1-13-4-6-14(7-5-13)19-23-21(25-24-19)29-12-15-11-28-20(22-15)17-9-8-16(26-2)10-18(17)27-3/h4-11H,12H2,1-3H3,(H,23,24,25). The molecule has 2 aromatic heterocycles. The monoisotopic (exact) mass is 424 g/mol. The third kappa shape index (κ3) is 4.44. The first-order valence-corrected chi connectivity index (χ1v) is 10.8. The predicted octanol–water partition coefficient (Wildman–Crippen LogP) is 5.21. The van der Waals surface area contributed by atoms with Gasteiger partial charge in [-0.05, 0) is 19.1 Å². The van der Waals surface area contributed by atoms with E-state index in [2.05, 4.69) is 39.6 Å². The lowest BCUT2D eigenvalue weighted by Gasteiger charge is -2.08. The Morgan fingerprint density at radius 3 is 2.62 bits per heavy atom. The van der Waals surface area contributed by atoms with E-state index in [1.807, 2.05) is 30.3 Å². The van der Waals surface area contributed by atoms with Gasteiger partial charge in [0, 0.05) is 22.8 Å². The van der Waals surface area contributed by atoms with E-state index < -0.39 is 0 Å². The molecule has 0 unspecified atom stereocenters. The zero-order valence-electron chi connectivity index (χ0n) is 16.3. The smallest absolute Gasteiger partial charge is 0.209 e. The Bertz CT molecular complexity index is 1110. The second-order valence-corrected chi connectivity index (χ2v) is 8.13. The maximum absolute atomic E-state index is 5.49. The molecule has 0 saturated carbocycles. The second-order valence-electron chi connectivity index (χ2n) is 6.33. The highest BCUT2D eigenvalue weighted by Gasteiger charge is 2.13. The minimum atomic E-state index is 0.695. The minimum absolute atomic E-state index is 0.695. The van der Waals surface area contributed by atoms with Crippen LogP contribution in [0, 0.1) is 6.92 Å². The van der Waals surface area contributed by atoms with Crippen LogP contribution in [0.25, 0.3) is 22.0 Å². The molecule has 0 bridgehead atoms. The number of H-pyrrole nitrogens is 1. The van der Waals surface area contributed by atoms with Gasteiger partial charge in [-0.3, -0.25) is 5.10 Å². The van der Waals surface area contributed by atoms with Gasteiger partial charge in [0.1, 0.15) is 16.5 Å². The maximum atomic E-state index is 5.49. The first kappa shape index (κ1) is 19.5. The Labute approximate surface area is 177 Å². The lowest BCUT2D eigenvalue weighted by atomic mass is 10.1. The summed E-state index contributed by atoms with van der Waals surface area (Å²) in [6.45, 7) is 2.06. The first-order chi connectivity index (χ1) is 14.2. The van der Waals surface area contributed by atoms with E-state index in [4.69, 9.17) is 14.5 Å². The molecule has 29 heavy (non-hydrogen) atoms. The zero-order valence-corrected chi connectivity index (χ0v) is 17.9. The molecule has 1 N–H and O–H groups in total. The van der Waals surface area contributed by atoms with Gasteiger partial charge in [0.15, 0.2) is 5.82 Å². The third-order valence-corrected chi connectivity index (χ3v) is 6.14. The van der Waals surface area contributed by atoms with Crippen LogP contribution < -0.4 is 9.47 Å². The molecule has 0 fully saturated rings. The van der Waals surface area contributed by atoms with Crippen molar-refractivity contribution in [3.8, 4) is 33.5 Å². The maximum Gasteiger partial charge on any atom is 0.209 e. The largest absolute Gasteiger partial charge is 0.497 e. The van der Waals surface area contributed by atoms with E-state index in [1.165, 1.54) is 5.56 Å². The van der Waals surface area contributed by atoms with Crippen molar-refractivity contribution in [1.29, 1.82) is 0 Å². The Morgan fingerprint density at radius 2 is 1.86 bits per heavy atom. The zero-order chi connectivity index (χ0) is 20.2. The van der Waals surface area contributed by atoms with Crippen molar-refractivity contribution in [2.24, 2.45) is 0 Å². The normalized spacial score (nSPS) is 10.9. The van der Waals surface area contributed by atoms with Crippen molar-refractivity contribution in [1.82, 2.24) is 20.2 Å². The summed E-state index contributed by atoms with van der Waals surface area (Å²) in [5.41, 5.74) is 4.18. The van der Waals surface area contributed by atoms with E-state index in [9.17, 15) is 0 Å². The van der Waals surface area contributed by atoms with Crippen LogP contribution in [-0.2, 0) is 5.75 Å². The van der Waals surface area contributed by atoms with Crippen LogP contribution in [0.15, 0.2) is 53.0 Å². The number of hydrogen-bond donors (Lipinski definition) is 1. The topological polar surface area (TPSA) is 72.9 Å². The molecule has 0 aliphatic heterocycles. The van der Waals surface area contributed by atoms with Gasteiger partial charge >= 0.3 is 0 Å². The van der Waals surface area contributed by atoms with Crippen molar-refractivity contribution in [3.05, 3.63) is 59.1 Å². The summed E-state index contributed by atoms with van der Waals surface area (Å²) in [5.74, 6) is 2.97. The molecule has 4 rings (SSSR count). The van der Waals surface area contributed by atoms with Gasteiger partial charge in [-0.15, -0.1) is 16.4 Å². The number of thiazole rings is 1. The van der Waals surface area contributed by atoms with Crippen molar-refractivity contribution in [3.63, 3.8) is 0 Å². The van der Waals surface area contributed by atoms with Crippen molar-refractivity contribution >= 4 is 23.1 Å². The summed E-state index contributed by atoms with van der Waals surface area (Å²) in [6.07, 6.45) is 0. The number of aryl methyl sites for hydroxylation is 1. The number of ether oxygens (including phenoxy) is 2. The molecule has 0 aliphatic carbocycles. The van der Waals surface area contributed by atoms with Crippen LogP contribution in [0.2, 0.25) is 0 Å². The summed E-state index contributed by atoms with van der Waals surface area (Å²) in [4.78, 5) is 9.32. The molecule has 0 amide bonds. The van der Waals surface area contributed by atoms with Crippen LogP contribution >= 0.6 is 23.1 Å². The molecular formula is C21H20N4O2S2. The number of thioether (sulfide) groups is 1. The van der Waals surface area contributed by atoms with Crippen molar-refractivity contribution in [2.75, 3.05) is 14.2 Å². The van der Waals surface area contributed by atoms with E-state index in [1.54, 1.807) is 37.3 Å². The molecule has 2 aromatic carbocycles. The second kappa shape index (κ2) is 8.67. The first-order valence-electron chi connectivity index (χ1n) is 8.95. The average molecular weight is 425 g/mol. The fourth-order valence-corrected chi connectivity index (χ4v) is 4.41. The van der Waals surface area contributed by atoms with Crippen LogP contribution in [0.1, 0.15) is 11.3 Å². The fourth-order valence-electron chi connectivity index (χ4n) is 2.76. The molecule has 2 heterocycles. The Kier molecular flexibility index (Phi) is 5.82. The molecule has 0 saturated heterocycles. The third-order valence-electron chi connectivity index (χ3n) is 4.33. The van der Waals surface area contributed by atoms with Gasteiger partial charge in [-0.2, -0.15) is 0 Å². The van der Waals surface area contributed by atoms with Gasteiger partial charge in [-0.1, -0.05) is 41.6 Å². The lowest BCUT2D eigenvalue weighted by Crippen LogP contribution is -1.90. The molecule has 6 nitrogen and oxygen atoms in total. The van der Waals surface area contributed by atoms with Crippen LogP contribution in [-0.4, -0.2) is 34.4 Å². The number of benzene rings is 2. The van der Waals surface area contributed by atoms with Gasteiger partial charge in [-0.25, -0.2) is 9.97 Å². The fraction of sp³-hybridized carbons (Fsp3) is 0.190. The number of rotatable bonds is 7. The molecule has 8 heteroatoms.